The van der Waals surface area contributed by atoms with Crippen LogP contribution >= 0.6 is 27.5 Å². The SMILES string of the molecule is CCCOc1ccc(C2=C(Cl)C(=O)N(c3cccc(Br)c3)C2=O)cc1. The standard InChI is InChI=1S/C19H15BrClNO3/c1-2-10-25-15-8-6-12(7-9-15)16-17(21)19(24)22(18(16)23)14-5-3-4-13(20)11-14/h3-9,11H,2,10H2,1H3. The summed E-state index contributed by atoms with van der Waals surface area (Å²) in [5.74, 6) is -0.246. The molecule has 0 saturated heterocycles. The Labute approximate surface area is 159 Å². The van der Waals surface area contributed by atoms with E-state index in [2.05, 4.69) is 15.9 Å². The molecule has 6 heteroatoms. The minimum absolute atomic E-state index is 0.0767. The number of ether oxygens (including phenoxy) is 1. The Morgan fingerprint density at radius 1 is 1.08 bits per heavy atom. The molecular weight excluding hydrogens is 406 g/mol. The first-order valence-corrected chi connectivity index (χ1v) is 8.97. The van der Waals surface area contributed by atoms with Gasteiger partial charge < -0.3 is 4.74 Å². The summed E-state index contributed by atoms with van der Waals surface area (Å²) >= 11 is 9.53. The lowest BCUT2D eigenvalue weighted by atomic mass is 10.1. The predicted molar refractivity (Wildman–Crippen MR) is 102 cm³/mol. The van der Waals surface area contributed by atoms with Crippen LogP contribution in [0.1, 0.15) is 18.9 Å². The van der Waals surface area contributed by atoms with Gasteiger partial charge in [0.2, 0.25) is 0 Å². The van der Waals surface area contributed by atoms with E-state index in [0.29, 0.717) is 23.6 Å². The highest BCUT2D eigenvalue weighted by atomic mass is 79.9. The van der Waals surface area contributed by atoms with Crippen LogP contribution in [0.25, 0.3) is 5.57 Å². The summed E-state index contributed by atoms with van der Waals surface area (Å²) in [5.41, 5.74) is 1.26. The Morgan fingerprint density at radius 2 is 1.80 bits per heavy atom. The second kappa shape index (κ2) is 7.42. The molecule has 0 N–H and O–H groups in total. The van der Waals surface area contributed by atoms with E-state index in [1.54, 1.807) is 42.5 Å². The van der Waals surface area contributed by atoms with E-state index in [1.165, 1.54) is 0 Å². The van der Waals surface area contributed by atoms with Crippen molar-refractivity contribution in [3.63, 3.8) is 0 Å². The Hall–Kier alpha value is -2.11. The number of benzene rings is 2. The van der Waals surface area contributed by atoms with Crippen LogP contribution in [-0.4, -0.2) is 18.4 Å². The predicted octanol–water partition coefficient (Wildman–Crippen LogP) is 4.76. The number of anilines is 1. The lowest BCUT2D eigenvalue weighted by Gasteiger charge is -2.15. The molecule has 0 radical (unpaired) electrons. The molecule has 2 amide bonds. The fourth-order valence-corrected chi connectivity index (χ4v) is 3.20. The van der Waals surface area contributed by atoms with Gasteiger partial charge in [0.25, 0.3) is 11.8 Å². The first-order chi connectivity index (χ1) is 12.0. The molecule has 25 heavy (non-hydrogen) atoms. The van der Waals surface area contributed by atoms with E-state index in [0.717, 1.165) is 15.8 Å². The molecule has 1 heterocycles. The van der Waals surface area contributed by atoms with Crippen molar-refractivity contribution in [2.45, 2.75) is 13.3 Å². The van der Waals surface area contributed by atoms with Gasteiger partial charge in [0.15, 0.2) is 0 Å². The first kappa shape index (κ1) is 17.7. The van der Waals surface area contributed by atoms with E-state index in [4.69, 9.17) is 16.3 Å². The van der Waals surface area contributed by atoms with Gasteiger partial charge in [-0.1, -0.05) is 52.7 Å². The minimum atomic E-state index is -0.522. The molecule has 3 rings (SSSR count). The van der Waals surface area contributed by atoms with E-state index < -0.39 is 11.8 Å². The lowest BCUT2D eigenvalue weighted by molar-refractivity contribution is -0.119. The van der Waals surface area contributed by atoms with Crippen molar-refractivity contribution < 1.29 is 14.3 Å². The summed E-state index contributed by atoms with van der Waals surface area (Å²) in [5, 5.41) is -0.0767. The number of halogens is 2. The van der Waals surface area contributed by atoms with Gasteiger partial charge in [0.1, 0.15) is 10.8 Å². The lowest BCUT2D eigenvalue weighted by Crippen LogP contribution is -2.31. The van der Waals surface area contributed by atoms with Gasteiger partial charge >= 0.3 is 0 Å². The van der Waals surface area contributed by atoms with Crippen LogP contribution < -0.4 is 9.64 Å². The third-order valence-electron chi connectivity index (χ3n) is 3.71. The Morgan fingerprint density at radius 3 is 2.44 bits per heavy atom. The number of nitrogens with zero attached hydrogens (tertiary/aromatic N) is 1. The summed E-state index contributed by atoms with van der Waals surface area (Å²) in [4.78, 5) is 26.4. The van der Waals surface area contributed by atoms with Crippen molar-refractivity contribution in [3.8, 4) is 5.75 Å². The highest BCUT2D eigenvalue weighted by molar-refractivity contribution is 9.10. The van der Waals surface area contributed by atoms with Crippen LogP contribution in [0, 0.1) is 0 Å². The largest absolute Gasteiger partial charge is 0.494 e. The average molecular weight is 421 g/mol. The highest BCUT2D eigenvalue weighted by Crippen LogP contribution is 2.36. The second-order valence-corrected chi connectivity index (χ2v) is 6.78. The van der Waals surface area contributed by atoms with Crippen LogP contribution in [-0.2, 0) is 9.59 Å². The smallest absolute Gasteiger partial charge is 0.277 e. The molecule has 128 valence electrons. The van der Waals surface area contributed by atoms with Gasteiger partial charge in [0, 0.05) is 4.47 Å². The maximum absolute atomic E-state index is 12.8. The topological polar surface area (TPSA) is 46.6 Å². The normalized spacial score (nSPS) is 14.4. The van der Waals surface area contributed by atoms with Crippen LogP contribution in [0.4, 0.5) is 5.69 Å². The second-order valence-electron chi connectivity index (χ2n) is 5.49. The zero-order valence-corrected chi connectivity index (χ0v) is 15.8. The van der Waals surface area contributed by atoms with E-state index in [9.17, 15) is 9.59 Å². The molecule has 1 aliphatic rings. The van der Waals surface area contributed by atoms with Gasteiger partial charge in [-0.25, -0.2) is 4.90 Å². The minimum Gasteiger partial charge on any atom is -0.494 e. The van der Waals surface area contributed by atoms with Crippen molar-refractivity contribution >= 4 is 50.6 Å². The molecule has 0 fully saturated rings. The summed E-state index contributed by atoms with van der Waals surface area (Å²) in [6.45, 7) is 2.65. The first-order valence-electron chi connectivity index (χ1n) is 7.80. The van der Waals surface area contributed by atoms with Crippen LogP contribution in [0.5, 0.6) is 5.75 Å². The Balaban J connectivity index is 1.92. The fourth-order valence-electron chi connectivity index (χ4n) is 2.54. The number of carbonyl (C=O) groups excluding carboxylic acids is 2. The molecule has 2 aromatic carbocycles. The van der Waals surface area contributed by atoms with Crippen molar-refractivity contribution in [2.75, 3.05) is 11.5 Å². The van der Waals surface area contributed by atoms with Gasteiger partial charge in [0.05, 0.1) is 17.9 Å². The van der Waals surface area contributed by atoms with Gasteiger partial charge in [-0.2, -0.15) is 0 Å². The maximum Gasteiger partial charge on any atom is 0.277 e. The molecule has 1 aliphatic heterocycles. The number of hydrogen-bond donors (Lipinski definition) is 0. The van der Waals surface area contributed by atoms with Gasteiger partial charge in [-0.15, -0.1) is 0 Å². The number of rotatable bonds is 5. The zero-order chi connectivity index (χ0) is 18.0. The molecule has 0 bridgehead atoms. The van der Waals surface area contributed by atoms with E-state index >= 15 is 0 Å². The van der Waals surface area contributed by atoms with Crippen molar-refractivity contribution in [2.24, 2.45) is 0 Å². The molecule has 0 saturated carbocycles. The monoisotopic (exact) mass is 419 g/mol. The third-order valence-corrected chi connectivity index (χ3v) is 4.55. The molecule has 0 aromatic heterocycles. The molecule has 0 unspecified atom stereocenters. The molecule has 4 nitrogen and oxygen atoms in total. The van der Waals surface area contributed by atoms with Crippen LogP contribution in [0.3, 0.4) is 0 Å². The summed E-state index contributed by atoms with van der Waals surface area (Å²) in [6.07, 6.45) is 0.910. The number of amides is 2. The van der Waals surface area contributed by atoms with Gasteiger partial charge in [-0.05, 0) is 42.3 Å². The summed E-state index contributed by atoms with van der Waals surface area (Å²) in [6, 6.07) is 14.0. The Bertz CT molecular complexity index is 861. The summed E-state index contributed by atoms with van der Waals surface area (Å²) in [7, 11) is 0. The maximum atomic E-state index is 12.8. The fraction of sp³-hybridized carbons (Fsp3) is 0.158. The van der Waals surface area contributed by atoms with Crippen molar-refractivity contribution in [1.29, 1.82) is 0 Å². The molecule has 0 atom stereocenters. The number of hydrogen-bond acceptors (Lipinski definition) is 3. The van der Waals surface area contributed by atoms with E-state index in [-0.39, 0.29) is 10.6 Å². The Kier molecular flexibility index (Phi) is 5.25. The van der Waals surface area contributed by atoms with Gasteiger partial charge in [-0.3, -0.25) is 9.59 Å². The zero-order valence-electron chi connectivity index (χ0n) is 13.5. The molecule has 0 aliphatic carbocycles. The van der Waals surface area contributed by atoms with Crippen LogP contribution in [0.15, 0.2) is 58.0 Å². The molecular formula is C19H15BrClNO3. The average Bonchev–Trinajstić information content (AvgIpc) is 2.83. The van der Waals surface area contributed by atoms with Crippen LogP contribution in [0.2, 0.25) is 0 Å². The van der Waals surface area contributed by atoms with Crippen molar-refractivity contribution in [1.82, 2.24) is 0 Å². The third kappa shape index (κ3) is 3.48. The van der Waals surface area contributed by atoms with Crippen molar-refractivity contribution in [3.05, 3.63) is 63.6 Å². The summed E-state index contributed by atoms with van der Waals surface area (Å²) < 4.78 is 6.31. The highest BCUT2D eigenvalue weighted by Gasteiger charge is 2.39. The molecule has 2 aromatic rings. The number of imide groups is 1. The van der Waals surface area contributed by atoms with E-state index in [1.807, 2.05) is 13.0 Å². The quantitative estimate of drug-likeness (QED) is 0.655. The molecule has 0 spiro atoms. The number of carbonyl (C=O) groups is 2.